The van der Waals surface area contributed by atoms with Crippen molar-refractivity contribution in [2.24, 2.45) is 0 Å². The second-order valence-electron chi connectivity index (χ2n) is 7.02. The Balaban J connectivity index is 1.78. The molecule has 144 valence electrons. The van der Waals surface area contributed by atoms with Gasteiger partial charge in [-0.05, 0) is 50.1 Å². The predicted molar refractivity (Wildman–Crippen MR) is 111 cm³/mol. The predicted octanol–water partition coefficient (Wildman–Crippen LogP) is 4.16. The molecule has 2 heterocycles. The monoisotopic (exact) mass is 374 g/mol. The van der Waals surface area contributed by atoms with Gasteiger partial charge >= 0.3 is 0 Å². The van der Waals surface area contributed by atoms with Crippen LogP contribution in [0.2, 0.25) is 0 Å². The number of carbonyl (C=O) groups is 1. The maximum atomic E-state index is 12.7. The van der Waals surface area contributed by atoms with E-state index >= 15 is 0 Å². The number of nitrogens with zero attached hydrogens (tertiary/aromatic N) is 3. The van der Waals surface area contributed by atoms with E-state index < -0.39 is 0 Å². The molecule has 0 saturated heterocycles. The minimum atomic E-state index is -0.0897. The third-order valence-electron chi connectivity index (χ3n) is 4.52. The van der Waals surface area contributed by atoms with Crippen molar-refractivity contribution in [2.75, 3.05) is 0 Å². The minimum Gasteiger partial charge on any atom is -0.349 e. The van der Waals surface area contributed by atoms with Gasteiger partial charge in [0.05, 0.1) is 5.69 Å². The summed E-state index contributed by atoms with van der Waals surface area (Å²) in [6, 6.07) is 13.4. The summed E-state index contributed by atoms with van der Waals surface area (Å²) in [6.07, 6.45) is 6.28. The van der Waals surface area contributed by atoms with E-state index in [1.54, 1.807) is 6.20 Å². The molecule has 0 spiro atoms. The number of aromatic nitrogens is 3. The summed E-state index contributed by atoms with van der Waals surface area (Å²) in [6.45, 7) is 6.01. The Bertz CT molecular complexity index is 940. The number of rotatable bonds is 7. The molecule has 1 atom stereocenters. The highest BCUT2D eigenvalue weighted by Crippen LogP contribution is 2.23. The van der Waals surface area contributed by atoms with Gasteiger partial charge in [0.25, 0.3) is 5.91 Å². The molecule has 0 radical (unpaired) electrons. The van der Waals surface area contributed by atoms with Crippen LogP contribution in [0, 0.1) is 6.92 Å². The van der Waals surface area contributed by atoms with Gasteiger partial charge in [0.15, 0.2) is 0 Å². The molecule has 1 aromatic carbocycles. The maximum absolute atomic E-state index is 12.7. The molecule has 3 rings (SSSR count). The smallest absolute Gasteiger partial charge is 0.251 e. The molecule has 5 heteroatoms. The standard InChI is InChI=1S/C23H26N4O/c1-4-8-20-15-25-17(3)27-22(20)18-9-7-10-19(14-18)23(28)26-16(2)13-21-11-5-6-12-24-21/h5-7,9-12,14-16H,4,8,13H2,1-3H3,(H,26,28)/t16-/m1/s1. The third kappa shape index (κ3) is 5.00. The van der Waals surface area contributed by atoms with Crippen molar-refractivity contribution < 1.29 is 4.79 Å². The first-order valence-corrected chi connectivity index (χ1v) is 9.70. The van der Waals surface area contributed by atoms with Crippen LogP contribution in [-0.2, 0) is 12.8 Å². The number of aryl methyl sites for hydroxylation is 2. The van der Waals surface area contributed by atoms with Gasteiger partial charge in [-0.1, -0.05) is 31.5 Å². The van der Waals surface area contributed by atoms with Gasteiger partial charge in [-0.15, -0.1) is 0 Å². The highest BCUT2D eigenvalue weighted by atomic mass is 16.1. The van der Waals surface area contributed by atoms with Crippen LogP contribution >= 0.6 is 0 Å². The first kappa shape index (κ1) is 19.7. The Morgan fingerprint density at radius 3 is 2.75 bits per heavy atom. The van der Waals surface area contributed by atoms with Crippen molar-refractivity contribution >= 4 is 5.91 Å². The van der Waals surface area contributed by atoms with Crippen LogP contribution in [0.3, 0.4) is 0 Å². The van der Waals surface area contributed by atoms with E-state index in [4.69, 9.17) is 0 Å². The van der Waals surface area contributed by atoms with Crippen LogP contribution < -0.4 is 5.32 Å². The van der Waals surface area contributed by atoms with E-state index in [1.165, 1.54) is 0 Å². The van der Waals surface area contributed by atoms with Gasteiger partial charge in [0, 0.05) is 41.7 Å². The average Bonchev–Trinajstić information content (AvgIpc) is 2.70. The summed E-state index contributed by atoms with van der Waals surface area (Å²) in [5.41, 5.74) is 4.55. The Labute approximate surface area is 166 Å². The quantitative estimate of drug-likeness (QED) is 0.674. The van der Waals surface area contributed by atoms with Crippen LogP contribution in [0.4, 0.5) is 0 Å². The SMILES string of the molecule is CCCc1cnc(C)nc1-c1cccc(C(=O)N[C@H](C)Cc2ccccn2)c1. The lowest BCUT2D eigenvalue weighted by atomic mass is 10.0. The molecule has 3 aromatic rings. The number of hydrogen-bond donors (Lipinski definition) is 1. The summed E-state index contributed by atoms with van der Waals surface area (Å²) in [5, 5.41) is 3.06. The van der Waals surface area contributed by atoms with Gasteiger partial charge in [-0.2, -0.15) is 0 Å². The van der Waals surface area contributed by atoms with Crippen LogP contribution in [0.5, 0.6) is 0 Å². The van der Waals surface area contributed by atoms with E-state index in [-0.39, 0.29) is 11.9 Å². The molecule has 0 aliphatic carbocycles. The van der Waals surface area contributed by atoms with Crippen molar-refractivity contribution in [3.8, 4) is 11.3 Å². The first-order chi connectivity index (χ1) is 13.6. The molecule has 1 N–H and O–H groups in total. The number of amides is 1. The zero-order chi connectivity index (χ0) is 19.9. The molecule has 1 amide bonds. The zero-order valence-electron chi connectivity index (χ0n) is 16.6. The van der Waals surface area contributed by atoms with Crippen LogP contribution in [0.15, 0.2) is 54.9 Å². The maximum Gasteiger partial charge on any atom is 0.251 e. The molecule has 0 saturated carbocycles. The Morgan fingerprint density at radius 2 is 2.00 bits per heavy atom. The number of benzene rings is 1. The highest BCUT2D eigenvalue weighted by molar-refractivity contribution is 5.95. The van der Waals surface area contributed by atoms with Crippen molar-refractivity contribution in [3.63, 3.8) is 0 Å². The molecule has 0 aliphatic rings. The van der Waals surface area contributed by atoms with Crippen molar-refractivity contribution in [3.05, 3.63) is 77.5 Å². The van der Waals surface area contributed by atoms with Gasteiger partial charge in [0.1, 0.15) is 5.82 Å². The summed E-state index contributed by atoms with van der Waals surface area (Å²) in [7, 11) is 0. The number of carbonyl (C=O) groups excluding carboxylic acids is 1. The normalized spacial score (nSPS) is 11.8. The molecule has 0 bridgehead atoms. The van der Waals surface area contributed by atoms with Crippen LogP contribution in [0.25, 0.3) is 11.3 Å². The Morgan fingerprint density at radius 1 is 1.14 bits per heavy atom. The number of pyridine rings is 1. The van der Waals surface area contributed by atoms with E-state index in [0.717, 1.165) is 41.2 Å². The van der Waals surface area contributed by atoms with E-state index in [2.05, 4.69) is 27.2 Å². The van der Waals surface area contributed by atoms with Gasteiger partial charge < -0.3 is 5.32 Å². The summed E-state index contributed by atoms with van der Waals surface area (Å²) >= 11 is 0. The van der Waals surface area contributed by atoms with E-state index in [1.807, 2.05) is 62.5 Å². The lowest BCUT2D eigenvalue weighted by Crippen LogP contribution is -2.34. The summed E-state index contributed by atoms with van der Waals surface area (Å²) in [5.74, 6) is 0.641. The average molecular weight is 374 g/mol. The summed E-state index contributed by atoms with van der Waals surface area (Å²) in [4.78, 5) is 26.0. The second kappa shape index (κ2) is 9.22. The molecule has 0 unspecified atom stereocenters. The zero-order valence-corrected chi connectivity index (χ0v) is 16.6. The van der Waals surface area contributed by atoms with Gasteiger partial charge in [-0.3, -0.25) is 9.78 Å². The van der Waals surface area contributed by atoms with Crippen LogP contribution in [-0.4, -0.2) is 26.9 Å². The molecular weight excluding hydrogens is 348 g/mol. The molecular formula is C23H26N4O. The van der Waals surface area contributed by atoms with Crippen molar-refractivity contribution in [1.82, 2.24) is 20.3 Å². The minimum absolute atomic E-state index is 0.0111. The van der Waals surface area contributed by atoms with Gasteiger partial charge in [-0.25, -0.2) is 9.97 Å². The molecule has 5 nitrogen and oxygen atoms in total. The third-order valence-corrected chi connectivity index (χ3v) is 4.52. The Kier molecular flexibility index (Phi) is 6.48. The van der Waals surface area contributed by atoms with Crippen molar-refractivity contribution in [2.45, 2.75) is 46.1 Å². The lowest BCUT2D eigenvalue weighted by molar-refractivity contribution is 0.0940. The van der Waals surface area contributed by atoms with E-state index in [9.17, 15) is 4.79 Å². The highest BCUT2D eigenvalue weighted by Gasteiger charge is 2.14. The first-order valence-electron chi connectivity index (χ1n) is 9.70. The molecule has 2 aromatic heterocycles. The van der Waals surface area contributed by atoms with Crippen molar-refractivity contribution in [1.29, 1.82) is 0 Å². The second-order valence-corrected chi connectivity index (χ2v) is 7.02. The Hall–Kier alpha value is -3.08. The van der Waals surface area contributed by atoms with Crippen LogP contribution in [0.1, 0.15) is 47.7 Å². The fraction of sp³-hybridized carbons (Fsp3) is 0.304. The van der Waals surface area contributed by atoms with Gasteiger partial charge in [0.2, 0.25) is 0 Å². The topological polar surface area (TPSA) is 67.8 Å². The van der Waals surface area contributed by atoms with E-state index in [0.29, 0.717) is 12.0 Å². The fourth-order valence-corrected chi connectivity index (χ4v) is 3.20. The molecule has 28 heavy (non-hydrogen) atoms. The molecule has 0 aliphatic heterocycles. The molecule has 0 fully saturated rings. The largest absolute Gasteiger partial charge is 0.349 e. The summed E-state index contributed by atoms with van der Waals surface area (Å²) < 4.78 is 0. The number of nitrogens with one attached hydrogen (secondary N) is 1. The number of hydrogen-bond acceptors (Lipinski definition) is 4. The fourth-order valence-electron chi connectivity index (χ4n) is 3.20. The lowest BCUT2D eigenvalue weighted by Gasteiger charge is -2.14.